The molecular weight excluding hydrogens is 299 g/mol. The SMILES string of the molecule is COC[C@@H]1CCN(c2nncc(-c3ccc(OC)c(F)c3)n2)C1. The quantitative estimate of drug-likeness (QED) is 0.842. The highest BCUT2D eigenvalue weighted by Crippen LogP contribution is 2.26. The topological polar surface area (TPSA) is 60.4 Å². The molecule has 23 heavy (non-hydrogen) atoms. The minimum Gasteiger partial charge on any atom is -0.494 e. The molecule has 0 saturated carbocycles. The van der Waals surface area contributed by atoms with Gasteiger partial charge in [-0.1, -0.05) is 0 Å². The van der Waals surface area contributed by atoms with E-state index in [2.05, 4.69) is 20.1 Å². The van der Waals surface area contributed by atoms with Crippen LogP contribution in [0.25, 0.3) is 11.3 Å². The van der Waals surface area contributed by atoms with Gasteiger partial charge in [0.2, 0.25) is 5.95 Å². The van der Waals surface area contributed by atoms with Crippen molar-refractivity contribution in [1.82, 2.24) is 15.2 Å². The van der Waals surface area contributed by atoms with E-state index in [0.29, 0.717) is 23.1 Å². The van der Waals surface area contributed by atoms with Crippen molar-refractivity contribution in [2.45, 2.75) is 6.42 Å². The lowest BCUT2D eigenvalue weighted by Crippen LogP contribution is -2.23. The van der Waals surface area contributed by atoms with Crippen LogP contribution < -0.4 is 9.64 Å². The number of halogens is 1. The number of aromatic nitrogens is 3. The van der Waals surface area contributed by atoms with E-state index in [-0.39, 0.29) is 5.75 Å². The first-order chi connectivity index (χ1) is 11.2. The molecule has 0 N–H and O–H groups in total. The average Bonchev–Trinajstić information content (AvgIpc) is 3.04. The third kappa shape index (κ3) is 3.39. The normalized spacial score (nSPS) is 17.5. The van der Waals surface area contributed by atoms with Crippen LogP contribution in [0, 0.1) is 11.7 Å². The number of rotatable bonds is 5. The standard InChI is InChI=1S/C16H19FN4O2/c1-22-10-11-5-6-21(9-11)16-19-14(8-18-20-16)12-3-4-15(23-2)13(17)7-12/h3-4,7-8,11H,5-6,9-10H2,1-2H3/t11-/m1/s1. The van der Waals surface area contributed by atoms with E-state index in [1.165, 1.54) is 19.4 Å². The molecule has 1 saturated heterocycles. The molecule has 1 aliphatic heterocycles. The molecule has 0 bridgehead atoms. The highest BCUT2D eigenvalue weighted by Gasteiger charge is 2.24. The molecule has 0 radical (unpaired) electrons. The summed E-state index contributed by atoms with van der Waals surface area (Å²) in [5.41, 5.74) is 1.24. The second kappa shape index (κ2) is 6.87. The Balaban J connectivity index is 1.81. The van der Waals surface area contributed by atoms with Crippen molar-refractivity contribution in [3.05, 3.63) is 30.2 Å². The third-order valence-electron chi connectivity index (χ3n) is 3.97. The molecular formula is C16H19FN4O2. The van der Waals surface area contributed by atoms with Crippen LogP contribution in [0.15, 0.2) is 24.4 Å². The van der Waals surface area contributed by atoms with Crippen LogP contribution in [0.1, 0.15) is 6.42 Å². The van der Waals surface area contributed by atoms with Gasteiger partial charge in [0.1, 0.15) is 0 Å². The minimum absolute atomic E-state index is 0.206. The van der Waals surface area contributed by atoms with Gasteiger partial charge in [0.15, 0.2) is 11.6 Å². The third-order valence-corrected chi connectivity index (χ3v) is 3.97. The summed E-state index contributed by atoms with van der Waals surface area (Å²) in [4.78, 5) is 6.60. The van der Waals surface area contributed by atoms with Crippen molar-refractivity contribution >= 4 is 5.95 Å². The zero-order valence-corrected chi connectivity index (χ0v) is 13.2. The largest absolute Gasteiger partial charge is 0.494 e. The molecule has 2 aromatic rings. The zero-order chi connectivity index (χ0) is 16.2. The monoisotopic (exact) mass is 318 g/mol. The average molecular weight is 318 g/mol. The fraction of sp³-hybridized carbons (Fsp3) is 0.438. The maximum atomic E-state index is 13.9. The summed E-state index contributed by atoms with van der Waals surface area (Å²) in [6.07, 6.45) is 2.58. The van der Waals surface area contributed by atoms with Crippen LogP contribution in [0.2, 0.25) is 0 Å². The first kappa shape index (κ1) is 15.6. The molecule has 122 valence electrons. The molecule has 1 aliphatic rings. The molecule has 7 heteroatoms. The van der Waals surface area contributed by atoms with Crippen molar-refractivity contribution in [3.63, 3.8) is 0 Å². The van der Waals surface area contributed by atoms with E-state index in [9.17, 15) is 4.39 Å². The maximum Gasteiger partial charge on any atom is 0.245 e. The smallest absolute Gasteiger partial charge is 0.245 e. The van der Waals surface area contributed by atoms with E-state index < -0.39 is 5.82 Å². The lowest BCUT2D eigenvalue weighted by atomic mass is 10.1. The van der Waals surface area contributed by atoms with Gasteiger partial charge in [0.25, 0.3) is 0 Å². The fourth-order valence-corrected chi connectivity index (χ4v) is 2.78. The Bertz CT molecular complexity index is 683. The van der Waals surface area contributed by atoms with E-state index in [1.807, 2.05) is 0 Å². The molecule has 0 aliphatic carbocycles. The summed E-state index contributed by atoms with van der Waals surface area (Å²) in [5, 5.41) is 8.11. The Labute approximate surface area is 134 Å². The summed E-state index contributed by atoms with van der Waals surface area (Å²) in [5.74, 6) is 0.826. The molecule has 6 nitrogen and oxygen atoms in total. The van der Waals surface area contributed by atoms with Gasteiger partial charge in [0.05, 0.1) is 25.6 Å². The lowest BCUT2D eigenvalue weighted by molar-refractivity contribution is 0.161. The molecule has 0 unspecified atom stereocenters. The second-order valence-corrected chi connectivity index (χ2v) is 5.55. The fourth-order valence-electron chi connectivity index (χ4n) is 2.78. The zero-order valence-electron chi connectivity index (χ0n) is 13.2. The number of hydrogen-bond acceptors (Lipinski definition) is 6. The Morgan fingerprint density at radius 3 is 2.96 bits per heavy atom. The predicted octanol–water partition coefficient (Wildman–Crippen LogP) is 2.16. The van der Waals surface area contributed by atoms with Crippen molar-refractivity contribution in [2.75, 3.05) is 38.8 Å². The first-order valence-corrected chi connectivity index (χ1v) is 7.48. The van der Waals surface area contributed by atoms with Crippen LogP contribution in [0.4, 0.5) is 10.3 Å². The Hall–Kier alpha value is -2.28. The van der Waals surface area contributed by atoms with E-state index in [0.717, 1.165) is 26.1 Å². The van der Waals surface area contributed by atoms with Crippen LogP contribution >= 0.6 is 0 Å². The van der Waals surface area contributed by atoms with Crippen LogP contribution in [0.3, 0.4) is 0 Å². The van der Waals surface area contributed by atoms with Gasteiger partial charge in [-0.05, 0) is 24.6 Å². The summed E-state index contributed by atoms with van der Waals surface area (Å²) in [6, 6.07) is 4.73. The second-order valence-electron chi connectivity index (χ2n) is 5.55. The van der Waals surface area contributed by atoms with Crippen molar-refractivity contribution in [2.24, 2.45) is 5.92 Å². The molecule has 3 rings (SSSR count). The highest BCUT2D eigenvalue weighted by molar-refractivity contribution is 5.60. The van der Waals surface area contributed by atoms with Crippen molar-refractivity contribution < 1.29 is 13.9 Å². The van der Waals surface area contributed by atoms with E-state index in [4.69, 9.17) is 9.47 Å². The van der Waals surface area contributed by atoms with Gasteiger partial charge in [-0.2, -0.15) is 5.10 Å². The number of hydrogen-bond donors (Lipinski definition) is 0. The number of ether oxygens (including phenoxy) is 2. The summed E-state index contributed by atoms with van der Waals surface area (Å²) < 4.78 is 24.0. The van der Waals surface area contributed by atoms with Gasteiger partial charge in [-0.3, -0.25) is 0 Å². The van der Waals surface area contributed by atoms with Gasteiger partial charge in [-0.15, -0.1) is 5.10 Å². The van der Waals surface area contributed by atoms with E-state index >= 15 is 0 Å². The molecule has 1 aromatic carbocycles. The first-order valence-electron chi connectivity index (χ1n) is 7.48. The van der Waals surface area contributed by atoms with E-state index in [1.54, 1.807) is 19.2 Å². The van der Waals surface area contributed by atoms with Crippen LogP contribution in [-0.2, 0) is 4.74 Å². The number of anilines is 1. The molecule has 0 amide bonds. The molecule has 0 spiro atoms. The number of benzene rings is 1. The van der Waals surface area contributed by atoms with Gasteiger partial charge in [-0.25, -0.2) is 9.37 Å². The Morgan fingerprint density at radius 2 is 2.22 bits per heavy atom. The Morgan fingerprint density at radius 1 is 1.35 bits per heavy atom. The van der Waals surface area contributed by atoms with Crippen molar-refractivity contribution in [1.29, 1.82) is 0 Å². The molecule has 1 fully saturated rings. The Kier molecular flexibility index (Phi) is 4.66. The lowest BCUT2D eigenvalue weighted by Gasteiger charge is -2.16. The summed E-state index contributed by atoms with van der Waals surface area (Å²) in [7, 11) is 3.14. The summed E-state index contributed by atoms with van der Waals surface area (Å²) in [6.45, 7) is 2.44. The molecule has 2 heterocycles. The maximum absolute atomic E-state index is 13.9. The van der Waals surface area contributed by atoms with Crippen LogP contribution in [-0.4, -0.2) is 49.1 Å². The van der Waals surface area contributed by atoms with Gasteiger partial charge < -0.3 is 14.4 Å². The number of methoxy groups -OCH3 is 2. The molecule has 1 aromatic heterocycles. The van der Waals surface area contributed by atoms with Gasteiger partial charge in [0, 0.05) is 31.7 Å². The highest BCUT2D eigenvalue weighted by atomic mass is 19.1. The van der Waals surface area contributed by atoms with Crippen molar-refractivity contribution in [3.8, 4) is 17.0 Å². The van der Waals surface area contributed by atoms with Crippen LogP contribution in [0.5, 0.6) is 5.75 Å². The molecule has 1 atom stereocenters. The minimum atomic E-state index is -0.425. The summed E-state index contributed by atoms with van der Waals surface area (Å²) >= 11 is 0. The predicted molar refractivity (Wildman–Crippen MR) is 84.0 cm³/mol. The number of nitrogens with zero attached hydrogens (tertiary/aromatic N) is 4. The van der Waals surface area contributed by atoms with Gasteiger partial charge >= 0.3 is 0 Å².